The molecule has 0 fully saturated rings. The molecule has 0 N–H and O–H groups in total. The van der Waals surface area contributed by atoms with E-state index in [2.05, 4.69) is 194 Å². The quantitative estimate of drug-likeness (QED) is 0.133. The van der Waals surface area contributed by atoms with Crippen LogP contribution in [0.3, 0.4) is 0 Å². The summed E-state index contributed by atoms with van der Waals surface area (Å²) in [5.41, 5.74) is 10.5. The topological polar surface area (TPSA) is 34.1 Å². The molecule has 11 aromatic rings. The van der Waals surface area contributed by atoms with E-state index in [1.54, 1.807) is 0 Å². The van der Waals surface area contributed by atoms with Gasteiger partial charge in [-0.3, -0.25) is 9.59 Å². The second-order valence-corrected chi connectivity index (χ2v) is 16.8. The van der Waals surface area contributed by atoms with Crippen molar-refractivity contribution in [2.75, 3.05) is 0 Å². The monoisotopic (exact) mass is 762 g/mol. The second-order valence-electron chi connectivity index (χ2n) is 16.8. The number of carbonyl (C=O) groups excluding carboxylic acids is 2. The number of ketones is 2. The molecule has 11 aromatic carbocycles. The number of rotatable bonds is 3. The summed E-state index contributed by atoms with van der Waals surface area (Å²) in [6.45, 7) is 0. The summed E-state index contributed by atoms with van der Waals surface area (Å²) in [6.07, 6.45) is 0. The molecular weight excluding hydrogens is 729 g/mol. The van der Waals surface area contributed by atoms with Crippen LogP contribution in [0.4, 0.5) is 0 Å². The molecule has 2 unspecified atom stereocenters. The summed E-state index contributed by atoms with van der Waals surface area (Å²) in [5.74, 6) is -1.79. The first kappa shape index (κ1) is 33.3. The van der Waals surface area contributed by atoms with E-state index >= 15 is 0 Å². The molecule has 0 saturated heterocycles. The van der Waals surface area contributed by atoms with Gasteiger partial charge < -0.3 is 0 Å². The van der Waals surface area contributed by atoms with Crippen LogP contribution in [-0.4, -0.2) is 11.6 Å². The molecule has 0 heterocycles. The predicted molar refractivity (Wildman–Crippen MR) is 248 cm³/mol. The number of carbonyl (C=O) groups is 2. The molecule has 2 bridgehead atoms. The van der Waals surface area contributed by atoms with Crippen LogP contribution >= 0.6 is 0 Å². The Morgan fingerprint density at radius 3 is 0.783 bits per heavy atom. The third-order valence-electron chi connectivity index (χ3n) is 13.4. The fourth-order valence-corrected chi connectivity index (χ4v) is 10.3. The molecule has 14 rings (SSSR count). The maximum absolute atomic E-state index is 13.7. The Labute approximate surface area is 346 Å². The Kier molecular flexibility index (Phi) is 6.89. The lowest BCUT2D eigenvalue weighted by molar-refractivity contribution is -0.138. The van der Waals surface area contributed by atoms with Gasteiger partial charge in [0.05, 0.1) is 11.8 Å². The van der Waals surface area contributed by atoms with Gasteiger partial charge in [-0.2, -0.15) is 0 Å². The van der Waals surface area contributed by atoms with Crippen LogP contribution in [0, 0.1) is 0 Å². The number of hydrogen-bond acceptors (Lipinski definition) is 2. The summed E-state index contributed by atoms with van der Waals surface area (Å²) < 4.78 is 0. The molecule has 0 saturated carbocycles. The fraction of sp³-hybridized carbons (Fsp3) is 0.0345. The van der Waals surface area contributed by atoms with Crippen molar-refractivity contribution in [3.05, 3.63) is 216 Å². The van der Waals surface area contributed by atoms with Crippen molar-refractivity contribution >= 4 is 76.2 Å². The summed E-state index contributed by atoms with van der Waals surface area (Å²) >= 11 is 0. The van der Waals surface area contributed by atoms with Crippen LogP contribution in [0.5, 0.6) is 0 Å². The van der Waals surface area contributed by atoms with E-state index < -0.39 is 11.8 Å². The number of hydrogen-bond donors (Lipinski definition) is 0. The highest BCUT2D eigenvalue weighted by Gasteiger charge is 2.49. The van der Waals surface area contributed by atoms with E-state index in [0.29, 0.717) is 0 Å². The Morgan fingerprint density at radius 1 is 0.217 bits per heavy atom. The van der Waals surface area contributed by atoms with Crippen molar-refractivity contribution in [3.8, 4) is 33.4 Å². The molecule has 2 heteroatoms. The number of benzene rings is 11. The average molecular weight is 763 g/mol. The zero-order valence-corrected chi connectivity index (χ0v) is 32.4. The lowest BCUT2D eigenvalue weighted by atomic mass is 9.62. The largest absolute Gasteiger partial charge is 0.290 e. The molecule has 278 valence electrons. The van der Waals surface area contributed by atoms with Crippen LogP contribution in [0.15, 0.2) is 194 Å². The van der Waals surface area contributed by atoms with Crippen LogP contribution in [-0.2, 0) is 9.59 Å². The van der Waals surface area contributed by atoms with Crippen LogP contribution in [0.1, 0.15) is 34.1 Å². The predicted octanol–water partition coefficient (Wildman–Crippen LogP) is 14.3. The second kappa shape index (κ2) is 12.4. The van der Waals surface area contributed by atoms with E-state index in [0.717, 1.165) is 49.9 Å². The molecule has 0 aliphatic heterocycles. The smallest absolute Gasteiger partial charge is 0.211 e. The van der Waals surface area contributed by atoms with Gasteiger partial charge in [-0.1, -0.05) is 121 Å². The first-order valence-corrected chi connectivity index (χ1v) is 20.7. The van der Waals surface area contributed by atoms with Gasteiger partial charge in [0.2, 0.25) is 11.6 Å². The highest BCUT2D eigenvalue weighted by Crippen LogP contribution is 2.51. The van der Waals surface area contributed by atoms with E-state index in [1.165, 1.54) is 70.4 Å². The van der Waals surface area contributed by atoms with Gasteiger partial charge in [-0.25, -0.2) is 0 Å². The minimum atomic E-state index is -0.593. The van der Waals surface area contributed by atoms with Gasteiger partial charge in [0, 0.05) is 0 Å². The molecule has 3 aliphatic carbocycles. The number of fused-ring (bicyclic) bond motifs is 7. The summed E-state index contributed by atoms with van der Waals surface area (Å²) in [4.78, 5) is 27.5. The third-order valence-corrected chi connectivity index (χ3v) is 13.4. The SMILES string of the molecule is O=C1C(=O)C2c3ccc(-c4ccc5cc6ccccc6cc5c4)cc3C1c1ccc(-c3ccc4cc5cc(-c6ccc7cc8ccccc8cc7c6)ccc5cc4c3)cc12. The minimum Gasteiger partial charge on any atom is -0.290 e. The molecule has 3 aliphatic rings. The maximum Gasteiger partial charge on any atom is 0.211 e. The molecule has 0 spiro atoms. The Bertz CT molecular complexity index is 3720. The van der Waals surface area contributed by atoms with Crippen molar-refractivity contribution in [1.82, 2.24) is 0 Å². The highest BCUT2D eigenvalue weighted by molar-refractivity contribution is 6.45. The molecule has 2 atom stereocenters. The van der Waals surface area contributed by atoms with E-state index in [1.807, 2.05) is 0 Å². The van der Waals surface area contributed by atoms with Crippen LogP contribution < -0.4 is 0 Å². The fourth-order valence-electron chi connectivity index (χ4n) is 10.3. The Hall–Kier alpha value is -7.68. The highest BCUT2D eigenvalue weighted by atomic mass is 16.2. The molecule has 2 nitrogen and oxygen atoms in total. The van der Waals surface area contributed by atoms with Gasteiger partial charge in [0.1, 0.15) is 0 Å². The van der Waals surface area contributed by atoms with Crippen molar-refractivity contribution in [3.63, 3.8) is 0 Å². The average Bonchev–Trinajstić information content (AvgIpc) is 3.29. The zero-order valence-electron chi connectivity index (χ0n) is 32.4. The van der Waals surface area contributed by atoms with Gasteiger partial charge in [0.15, 0.2) is 0 Å². The Morgan fingerprint density at radius 2 is 0.467 bits per heavy atom. The lowest BCUT2D eigenvalue weighted by Crippen LogP contribution is -2.40. The number of Topliss-reactive ketones (excluding diaryl/α,β-unsaturated/α-hetero) is 2. The summed E-state index contributed by atoms with van der Waals surface area (Å²) in [5, 5.41) is 14.5. The van der Waals surface area contributed by atoms with Crippen molar-refractivity contribution < 1.29 is 9.59 Å². The first-order valence-electron chi connectivity index (χ1n) is 20.7. The molecule has 60 heavy (non-hydrogen) atoms. The van der Waals surface area contributed by atoms with Crippen molar-refractivity contribution in [2.45, 2.75) is 11.8 Å². The van der Waals surface area contributed by atoms with Crippen molar-refractivity contribution in [1.29, 1.82) is 0 Å². The molecular formula is C58H34O2. The Balaban J connectivity index is 0.832. The standard InChI is InChI=1S/C58H34O2/c59-57-55-52-20-18-46(32-54(52)56(58(57)60)51-19-17-45(31-53(51)55)39-11-14-42-22-34-6-2-4-8-36(34)24-48(42)27-39)40-12-16-44-29-49-26-38(10-15-43(49)30-50(44)28-40)37-9-13-41-21-33-5-1-3-7-35(33)23-47(41)25-37/h1-32,55-56H. The van der Waals surface area contributed by atoms with Crippen LogP contribution in [0.2, 0.25) is 0 Å². The minimum absolute atomic E-state index is 0.301. The maximum atomic E-state index is 13.7. The van der Waals surface area contributed by atoms with Gasteiger partial charge in [0.25, 0.3) is 0 Å². The molecule has 0 amide bonds. The van der Waals surface area contributed by atoms with Crippen molar-refractivity contribution in [2.24, 2.45) is 0 Å². The van der Waals surface area contributed by atoms with E-state index in [-0.39, 0.29) is 11.6 Å². The van der Waals surface area contributed by atoms with Crippen LogP contribution in [0.25, 0.3) is 98.0 Å². The molecule has 0 aromatic heterocycles. The summed E-state index contributed by atoms with van der Waals surface area (Å²) in [6, 6.07) is 70.0. The first-order chi connectivity index (χ1) is 29.5. The van der Waals surface area contributed by atoms with Gasteiger partial charge in [-0.15, -0.1) is 0 Å². The molecule has 0 radical (unpaired) electrons. The van der Waals surface area contributed by atoms with E-state index in [9.17, 15) is 9.59 Å². The summed E-state index contributed by atoms with van der Waals surface area (Å²) in [7, 11) is 0. The normalized spacial score (nSPS) is 15.7. The van der Waals surface area contributed by atoms with E-state index in [4.69, 9.17) is 0 Å². The third kappa shape index (κ3) is 5.01. The lowest BCUT2D eigenvalue weighted by Gasteiger charge is -2.38. The zero-order chi connectivity index (χ0) is 39.6. The van der Waals surface area contributed by atoms with Gasteiger partial charge in [-0.05, 0) is 193 Å². The van der Waals surface area contributed by atoms with Gasteiger partial charge >= 0.3 is 0 Å².